The summed E-state index contributed by atoms with van der Waals surface area (Å²) >= 11 is 0. The summed E-state index contributed by atoms with van der Waals surface area (Å²) in [6, 6.07) is 49.9. The van der Waals surface area contributed by atoms with Gasteiger partial charge < -0.3 is 23.7 Å². The molecule has 0 saturated carbocycles. The number of amides is 1. The first kappa shape index (κ1) is 48.8. The van der Waals surface area contributed by atoms with Gasteiger partial charge in [-0.3, -0.25) is 4.79 Å². The summed E-state index contributed by atoms with van der Waals surface area (Å²) < 4.78 is 97.8. The minimum absolute atomic E-state index is 0.0137. The molecule has 15 heteroatoms. The van der Waals surface area contributed by atoms with Crippen molar-refractivity contribution < 1.29 is 50.1 Å². The van der Waals surface area contributed by atoms with E-state index in [9.17, 15) is 40.7 Å². The number of nitrogens with zero attached hydrogens (tertiary/aromatic N) is 2. The van der Waals surface area contributed by atoms with Gasteiger partial charge in [0.05, 0.1) is 21.8 Å². The molecule has 0 unspecified atom stereocenters. The Morgan fingerprint density at radius 3 is 1.45 bits per heavy atom. The maximum atomic E-state index is 14.2. The van der Waals surface area contributed by atoms with Crippen molar-refractivity contribution in [2.24, 2.45) is 0 Å². The van der Waals surface area contributed by atoms with Crippen LogP contribution in [0.15, 0.2) is 193 Å². The number of carbonyl (C=O) groups is 2. The lowest BCUT2D eigenvalue weighted by molar-refractivity contribution is 0.0696. The highest BCUT2D eigenvalue weighted by Gasteiger charge is 2.21. The summed E-state index contributed by atoms with van der Waals surface area (Å²) in [5.74, 6) is -3.42. The number of para-hydroxylation sites is 2. The Kier molecular flexibility index (Phi) is 14.6. The number of carbonyl (C=O) groups excluding carboxylic acids is 1. The second-order valence-electron chi connectivity index (χ2n) is 16.1. The average Bonchev–Trinajstić information content (AvgIpc) is 3.95. The van der Waals surface area contributed by atoms with Crippen LogP contribution < -0.4 is 14.2 Å². The molecule has 0 bridgehead atoms. The van der Waals surface area contributed by atoms with Crippen molar-refractivity contribution in [2.75, 3.05) is 0 Å². The molecule has 9 aromatic rings. The van der Waals surface area contributed by atoms with E-state index in [1.54, 1.807) is 72.8 Å². The number of ether oxygens (including phenoxy) is 2. The van der Waals surface area contributed by atoms with E-state index in [2.05, 4.69) is 4.72 Å². The first-order valence-corrected chi connectivity index (χ1v) is 23.4. The van der Waals surface area contributed by atoms with Gasteiger partial charge in [0, 0.05) is 62.7 Å². The fraction of sp³-hybridized carbons (Fsp3) is 0.0714. The number of aromatic carboxylic acids is 1. The van der Waals surface area contributed by atoms with Crippen molar-refractivity contribution in [1.29, 1.82) is 0 Å². The number of hydrogen-bond donors (Lipinski definition) is 2. The number of halogens is 4. The Morgan fingerprint density at radius 2 is 0.972 bits per heavy atom. The zero-order valence-electron chi connectivity index (χ0n) is 38.0. The second kappa shape index (κ2) is 21.3. The van der Waals surface area contributed by atoms with E-state index in [1.165, 1.54) is 42.5 Å². The maximum absolute atomic E-state index is 14.2. The van der Waals surface area contributed by atoms with Crippen LogP contribution in [-0.4, -0.2) is 34.5 Å². The van der Waals surface area contributed by atoms with Crippen LogP contribution in [0.3, 0.4) is 0 Å². The predicted molar refractivity (Wildman–Crippen MR) is 261 cm³/mol. The Balaban J connectivity index is 0.000000197. The van der Waals surface area contributed by atoms with Gasteiger partial charge in [-0.15, -0.1) is 0 Å². The maximum Gasteiger partial charge on any atom is 0.335 e. The van der Waals surface area contributed by atoms with Crippen molar-refractivity contribution in [3.8, 4) is 45.4 Å². The first-order chi connectivity index (χ1) is 34.2. The lowest BCUT2D eigenvalue weighted by atomic mass is 10.1. The van der Waals surface area contributed by atoms with Crippen molar-refractivity contribution in [3.63, 3.8) is 0 Å². The van der Waals surface area contributed by atoms with Gasteiger partial charge in [0.25, 0.3) is 15.9 Å². The zero-order valence-corrected chi connectivity index (χ0v) is 38.8. The van der Waals surface area contributed by atoms with Crippen molar-refractivity contribution in [1.82, 2.24) is 13.9 Å². The molecule has 2 aromatic heterocycles. The summed E-state index contributed by atoms with van der Waals surface area (Å²) in [5.41, 5.74) is 6.92. The van der Waals surface area contributed by atoms with E-state index in [0.29, 0.717) is 28.4 Å². The van der Waals surface area contributed by atoms with Crippen molar-refractivity contribution >= 4 is 21.9 Å². The fourth-order valence-corrected chi connectivity index (χ4v) is 8.78. The number of aromatic nitrogens is 2. The van der Waals surface area contributed by atoms with Gasteiger partial charge in [0.2, 0.25) is 0 Å². The third-order valence-corrected chi connectivity index (χ3v) is 12.6. The molecule has 0 aliphatic heterocycles. The highest BCUT2D eigenvalue weighted by Crippen LogP contribution is 2.36. The monoisotopic (exact) mass is 977 g/mol. The number of rotatable bonds is 14. The molecule has 9 rings (SSSR count). The molecule has 0 aliphatic carbocycles. The quantitative estimate of drug-likeness (QED) is 0.104. The molecule has 0 saturated heterocycles. The average molecular weight is 978 g/mol. The molecule has 2 heterocycles. The minimum Gasteiger partial charge on any atom is -0.488 e. The lowest BCUT2D eigenvalue weighted by Gasteiger charge is -2.16. The Bertz CT molecular complexity index is 3520. The van der Waals surface area contributed by atoms with Gasteiger partial charge in [-0.25, -0.2) is 35.5 Å². The molecule has 358 valence electrons. The van der Waals surface area contributed by atoms with Crippen LogP contribution in [0.25, 0.3) is 33.9 Å². The number of sulfonamides is 1. The molecule has 0 fully saturated rings. The van der Waals surface area contributed by atoms with Crippen LogP contribution in [-0.2, 0) is 23.2 Å². The van der Waals surface area contributed by atoms with Crippen molar-refractivity contribution in [2.45, 2.75) is 32.0 Å². The number of aryl methyl sites for hydroxylation is 2. The van der Waals surface area contributed by atoms with Crippen LogP contribution in [0.1, 0.15) is 43.2 Å². The summed E-state index contributed by atoms with van der Waals surface area (Å²) in [6.07, 6.45) is 0. The third kappa shape index (κ3) is 11.3. The molecule has 0 radical (unpaired) electrons. The molecule has 7 aromatic carbocycles. The zero-order chi connectivity index (χ0) is 50.2. The Hall–Kier alpha value is -8.69. The molecular formula is C56H43F4N3O7S. The molecule has 0 spiro atoms. The van der Waals surface area contributed by atoms with Gasteiger partial charge in [-0.2, -0.15) is 0 Å². The highest BCUT2D eigenvalue weighted by molar-refractivity contribution is 7.90. The lowest BCUT2D eigenvalue weighted by Crippen LogP contribution is -2.30. The molecule has 71 heavy (non-hydrogen) atoms. The number of hydrogen-bond acceptors (Lipinski definition) is 6. The Morgan fingerprint density at radius 1 is 0.521 bits per heavy atom. The number of benzene rings is 7. The van der Waals surface area contributed by atoms with Gasteiger partial charge in [-0.05, 0) is 135 Å². The van der Waals surface area contributed by atoms with Crippen LogP contribution in [0.5, 0.6) is 11.5 Å². The standard InChI is InChI=1S/C31H24F2N2O4S.C25H19F2NO3/c1-21-14-17-29(27-12-5-6-13-30(27)39-20-23-15-16-24(32)19-28(23)33)35(21)25-9-7-8-22(18-25)31(36)34-40(37,38)26-10-3-2-4-11-26;1-16-9-12-23(28(16)20-6-4-5-17(13-20)25(29)30)21-7-2-3-8-24(21)31-15-18-10-11-19(26)14-22(18)27/h2-19H,20H2,1H3,(H,34,36);2-14H,15H2,1H3,(H,29,30). The topological polar surface area (TPSA) is 129 Å². The van der Waals surface area contributed by atoms with Gasteiger partial charge in [0.1, 0.15) is 48.0 Å². The van der Waals surface area contributed by atoms with Crippen molar-refractivity contribution in [3.05, 3.63) is 245 Å². The number of carboxylic acid groups (broad SMARTS) is 1. The van der Waals surface area contributed by atoms with Crippen LogP contribution in [0.2, 0.25) is 0 Å². The third-order valence-electron chi connectivity index (χ3n) is 11.3. The van der Waals surface area contributed by atoms with E-state index in [0.717, 1.165) is 40.5 Å². The van der Waals surface area contributed by atoms with Crippen LogP contribution >= 0.6 is 0 Å². The van der Waals surface area contributed by atoms with E-state index in [-0.39, 0.29) is 40.4 Å². The fourth-order valence-electron chi connectivity index (χ4n) is 7.78. The normalized spacial score (nSPS) is 11.1. The van der Waals surface area contributed by atoms with Crippen LogP contribution in [0, 0.1) is 37.1 Å². The van der Waals surface area contributed by atoms with Gasteiger partial charge in [-0.1, -0.05) is 54.6 Å². The SMILES string of the molecule is Cc1ccc(-c2ccccc2OCc2ccc(F)cc2F)n1-c1cccc(C(=O)NS(=O)(=O)c2ccccc2)c1.Cc1ccc(-c2ccccc2OCc2ccc(F)cc2F)n1-c1cccc(C(=O)O)c1. The minimum atomic E-state index is -4.04. The van der Waals surface area contributed by atoms with Gasteiger partial charge in [0.15, 0.2) is 0 Å². The first-order valence-electron chi connectivity index (χ1n) is 21.9. The van der Waals surface area contributed by atoms with E-state index in [4.69, 9.17) is 9.47 Å². The summed E-state index contributed by atoms with van der Waals surface area (Å²) in [7, 11) is -4.04. The molecule has 0 atom stereocenters. The van der Waals surface area contributed by atoms with E-state index in [1.807, 2.05) is 83.6 Å². The Labute approximate surface area is 406 Å². The highest BCUT2D eigenvalue weighted by atomic mass is 32.2. The number of carboxylic acids is 1. The molecular weight excluding hydrogens is 935 g/mol. The summed E-state index contributed by atoms with van der Waals surface area (Å²) in [6.45, 7) is 3.66. The number of nitrogens with one attached hydrogen (secondary N) is 1. The van der Waals surface area contributed by atoms with E-state index < -0.39 is 45.2 Å². The molecule has 10 nitrogen and oxygen atoms in total. The predicted octanol–water partition coefficient (Wildman–Crippen LogP) is 12.4. The van der Waals surface area contributed by atoms with Crippen LogP contribution in [0.4, 0.5) is 17.6 Å². The largest absolute Gasteiger partial charge is 0.488 e. The smallest absolute Gasteiger partial charge is 0.335 e. The molecule has 1 amide bonds. The van der Waals surface area contributed by atoms with Gasteiger partial charge >= 0.3 is 5.97 Å². The summed E-state index contributed by atoms with van der Waals surface area (Å²) in [4.78, 5) is 24.3. The molecule has 0 aliphatic rings. The summed E-state index contributed by atoms with van der Waals surface area (Å²) in [5, 5.41) is 9.34. The molecule has 2 N–H and O–H groups in total. The van der Waals surface area contributed by atoms with E-state index >= 15 is 0 Å². The second-order valence-corrected chi connectivity index (χ2v) is 17.8.